The van der Waals surface area contributed by atoms with Gasteiger partial charge in [0.2, 0.25) is 0 Å². The fourth-order valence-corrected chi connectivity index (χ4v) is 1.80. The van der Waals surface area contributed by atoms with Crippen molar-refractivity contribution in [2.75, 3.05) is 0 Å². The van der Waals surface area contributed by atoms with Crippen LogP contribution < -0.4 is 4.74 Å². The summed E-state index contributed by atoms with van der Waals surface area (Å²) in [6.45, 7) is 5.92. The number of benzene rings is 2. The molecule has 0 spiro atoms. The van der Waals surface area contributed by atoms with Crippen LogP contribution in [0.15, 0.2) is 48.5 Å². The monoisotopic (exact) mass is 266 g/mol. The van der Waals surface area contributed by atoms with Crippen molar-refractivity contribution >= 4 is 12.0 Å². The van der Waals surface area contributed by atoms with E-state index in [9.17, 15) is 4.79 Å². The van der Waals surface area contributed by atoms with Crippen molar-refractivity contribution in [2.45, 2.75) is 20.8 Å². The summed E-state index contributed by atoms with van der Waals surface area (Å²) < 4.78 is 5.35. The van der Waals surface area contributed by atoms with Gasteiger partial charge in [0.25, 0.3) is 0 Å². The molecule has 0 atom stereocenters. The molecular formula is C18H18O2. The Bertz CT molecular complexity index is 637. The molecule has 0 saturated carbocycles. The Morgan fingerprint density at radius 2 is 1.60 bits per heavy atom. The summed E-state index contributed by atoms with van der Waals surface area (Å²) in [5.74, 6) is 0.253. The second-order valence-corrected chi connectivity index (χ2v) is 4.93. The number of hydrogen-bond donors (Lipinski definition) is 0. The van der Waals surface area contributed by atoms with Crippen molar-refractivity contribution in [3.63, 3.8) is 0 Å². The highest BCUT2D eigenvalue weighted by atomic mass is 16.5. The van der Waals surface area contributed by atoms with E-state index in [1.165, 1.54) is 11.6 Å². The zero-order valence-corrected chi connectivity index (χ0v) is 12.0. The van der Waals surface area contributed by atoms with Gasteiger partial charge in [0, 0.05) is 6.08 Å². The topological polar surface area (TPSA) is 26.3 Å². The quantitative estimate of drug-likeness (QED) is 0.472. The van der Waals surface area contributed by atoms with E-state index in [1.807, 2.05) is 63.2 Å². The summed E-state index contributed by atoms with van der Waals surface area (Å²) in [5.41, 5.74) is 4.20. The maximum absolute atomic E-state index is 11.8. The number of ether oxygens (including phenoxy) is 1. The molecule has 0 radical (unpaired) electrons. The summed E-state index contributed by atoms with van der Waals surface area (Å²) in [5, 5.41) is 0. The number of hydrogen-bond acceptors (Lipinski definition) is 2. The van der Waals surface area contributed by atoms with Crippen LogP contribution in [0.3, 0.4) is 0 Å². The van der Waals surface area contributed by atoms with Gasteiger partial charge in [-0.05, 0) is 49.6 Å². The molecule has 0 saturated heterocycles. The van der Waals surface area contributed by atoms with Crippen molar-refractivity contribution in [3.8, 4) is 5.75 Å². The van der Waals surface area contributed by atoms with Crippen molar-refractivity contribution in [3.05, 3.63) is 70.8 Å². The number of esters is 1. The van der Waals surface area contributed by atoms with Crippen LogP contribution in [0.4, 0.5) is 0 Å². The molecule has 0 aliphatic carbocycles. The Labute approximate surface area is 119 Å². The van der Waals surface area contributed by atoms with Crippen LogP contribution in [-0.4, -0.2) is 5.97 Å². The van der Waals surface area contributed by atoms with Gasteiger partial charge in [0.1, 0.15) is 5.75 Å². The first kappa shape index (κ1) is 14.1. The van der Waals surface area contributed by atoms with Crippen LogP contribution in [0.1, 0.15) is 22.3 Å². The van der Waals surface area contributed by atoms with Crippen molar-refractivity contribution < 1.29 is 9.53 Å². The van der Waals surface area contributed by atoms with E-state index < -0.39 is 0 Å². The molecule has 0 unspecified atom stereocenters. The highest BCUT2D eigenvalue weighted by Gasteiger charge is 2.04. The Kier molecular flexibility index (Phi) is 4.36. The summed E-state index contributed by atoms with van der Waals surface area (Å²) in [6, 6.07) is 13.8. The third-order valence-corrected chi connectivity index (χ3v) is 3.04. The molecule has 0 aliphatic rings. The third-order valence-electron chi connectivity index (χ3n) is 3.04. The van der Waals surface area contributed by atoms with Gasteiger partial charge in [-0.25, -0.2) is 4.79 Å². The SMILES string of the molecule is Cc1ccc(C=CC(=O)Oc2cc(C)ccc2C)cc1. The van der Waals surface area contributed by atoms with Gasteiger partial charge in [-0.3, -0.25) is 0 Å². The van der Waals surface area contributed by atoms with Gasteiger partial charge in [-0.15, -0.1) is 0 Å². The minimum absolute atomic E-state index is 0.362. The molecule has 102 valence electrons. The van der Waals surface area contributed by atoms with E-state index in [2.05, 4.69) is 0 Å². The minimum Gasteiger partial charge on any atom is -0.423 e. The Hall–Kier alpha value is -2.35. The smallest absolute Gasteiger partial charge is 0.336 e. The van der Waals surface area contributed by atoms with E-state index in [4.69, 9.17) is 4.74 Å². The molecule has 0 N–H and O–H groups in total. The van der Waals surface area contributed by atoms with Gasteiger partial charge in [0.15, 0.2) is 0 Å². The summed E-state index contributed by atoms with van der Waals surface area (Å²) in [7, 11) is 0. The zero-order valence-electron chi connectivity index (χ0n) is 12.0. The second-order valence-electron chi connectivity index (χ2n) is 4.93. The maximum Gasteiger partial charge on any atom is 0.336 e. The van der Waals surface area contributed by atoms with Crippen LogP contribution in [-0.2, 0) is 4.79 Å². The molecule has 2 aromatic rings. The average molecular weight is 266 g/mol. The van der Waals surface area contributed by atoms with Crippen LogP contribution in [0, 0.1) is 20.8 Å². The lowest BCUT2D eigenvalue weighted by atomic mass is 10.1. The van der Waals surface area contributed by atoms with Gasteiger partial charge in [-0.1, -0.05) is 42.0 Å². The number of carbonyl (C=O) groups is 1. The maximum atomic E-state index is 11.8. The molecule has 2 aromatic carbocycles. The molecule has 20 heavy (non-hydrogen) atoms. The fourth-order valence-electron chi connectivity index (χ4n) is 1.80. The average Bonchev–Trinajstić information content (AvgIpc) is 2.42. The highest BCUT2D eigenvalue weighted by Crippen LogP contribution is 2.19. The Morgan fingerprint density at radius 3 is 2.30 bits per heavy atom. The van der Waals surface area contributed by atoms with E-state index in [-0.39, 0.29) is 5.97 Å². The molecule has 2 heteroatoms. The third kappa shape index (κ3) is 3.82. The van der Waals surface area contributed by atoms with E-state index in [0.717, 1.165) is 16.7 Å². The van der Waals surface area contributed by atoms with Crippen LogP contribution in [0.25, 0.3) is 6.08 Å². The molecule has 0 fully saturated rings. The van der Waals surface area contributed by atoms with Crippen molar-refractivity contribution in [1.29, 1.82) is 0 Å². The lowest BCUT2D eigenvalue weighted by Gasteiger charge is -2.06. The lowest BCUT2D eigenvalue weighted by Crippen LogP contribution is -2.05. The molecular weight excluding hydrogens is 248 g/mol. The van der Waals surface area contributed by atoms with Crippen LogP contribution in [0.5, 0.6) is 5.75 Å². The standard InChI is InChI=1S/C18H18O2/c1-13-5-8-16(9-6-13)10-11-18(19)20-17-12-14(2)4-7-15(17)3/h4-12H,1-3H3. The van der Waals surface area contributed by atoms with Crippen LogP contribution in [0.2, 0.25) is 0 Å². The predicted molar refractivity (Wildman–Crippen MR) is 81.8 cm³/mol. The molecule has 0 amide bonds. The summed E-state index contributed by atoms with van der Waals surface area (Å²) in [4.78, 5) is 11.8. The molecule has 0 aromatic heterocycles. The lowest BCUT2D eigenvalue weighted by molar-refractivity contribution is -0.128. The zero-order chi connectivity index (χ0) is 14.5. The Morgan fingerprint density at radius 1 is 0.950 bits per heavy atom. The highest BCUT2D eigenvalue weighted by molar-refractivity contribution is 5.88. The molecule has 0 heterocycles. The number of rotatable bonds is 3. The minimum atomic E-state index is -0.362. The largest absolute Gasteiger partial charge is 0.423 e. The summed E-state index contributed by atoms with van der Waals surface area (Å²) in [6.07, 6.45) is 3.21. The molecule has 2 nitrogen and oxygen atoms in total. The normalized spacial score (nSPS) is 10.8. The van der Waals surface area contributed by atoms with Gasteiger partial charge in [0.05, 0.1) is 0 Å². The number of aryl methyl sites for hydroxylation is 3. The number of carbonyl (C=O) groups excluding carboxylic acids is 1. The predicted octanol–water partition coefficient (Wildman–Crippen LogP) is 4.23. The molecule has 2 rings (SSSR count). The van der Waals surface area contributed by atoms with Crippen molar-refractivity contribution in [1.82, 2.24) is 0 Å². The fraction of sp³-hybridized carbons (Fsp3) is 0.167. The first-order chi connectivity index (χ1) is 9.54. The Balaban J connectivity index is 2.05. The van der Waals surface area contributed by atoms with E-state index in [0.29, 0.717) is 5.75 Å². The van der Waals surface area contributed by atoms with Gasteiger partial charge in [-0.2, -0.15) is 0 Å². The van der Waals surface area contributed by atoms with Crippen molar-refractivity contribution in [2.24, 2.45) is 0 Å². The van der Waals surface area contributed by atoms with Gasteiger partial charge < -0.3 is 4.74 Å². The van der Waals surface area contributed by atoms with E-state index >= 15 is 0 Å². The van der Waals surface area contributed by atoms with E-state index in [1.54, 1.807) is 6.08 Å². The molecule has 0 bridgehead atoms. The molecule has 0 aliphatic heterocycles. The first-order valence-electron chi connectivity index (χ1n) is 6.58. The second kappa shape index (κ2) is 6.20. The van der Waals surface area contributed by atoms with Crippen LogP contribution >= 0.6 is 0 Å². The first-order valence-corrected chi connectivity index (χ1v) is 6.58. The van der Waals surface area contributed by atoms with Gasteiger partial charge >= 0.3 is 5.97 Å². The summed E-state index contributed by atoms with van der Waals surface area (Å²) >= 11 is 0.